The zero-order valence-electron chi connectivity index (χ0n) is 18.3. The molecule has 6 heteroatoms. The van der Waals surface area contributed by atoms with Gasteiger partial charge in [-0.15, -0.1) is 0 Å². The van der Waals surface area contributed by atoms with E-state index in [1.165, 1.54) is 30.0 Å². The van der Waals surface area contributed by atoms with Gasteiger partial charge in [-0.05, 0) is 61.6 Å². The van der Waals surface area contributed by atoms with Crippen LogP contribution >= 0.6 is 0 Å². The first-order valence-electron chi connectivity index (χ1n) is 11.8. The molecule has 2 aliphatic heterocycles. The van der Waals surface area contributed by atoms with E-state index in [0.717, 1.165) is 45.2 Å². The number of piperazine rings is 1. The van der Waals surface area contributed by atoms with Crippen LogP contribution < -0.4 is 4.90 Å². The fourth-order valence-electron chi connectivity index (χ4n) is 5.75. The summed E-state index contributed by atoms with van der Waals surface area (Å²) < 4.78 is 13.4. The van der Waals surface area contributed by atoms with Gasteiger partial charge < -0.3 is 14.7 Å². The Morgan fingerprint density at radius 3 is 2.25 bits per heavy atom. The highest BCUT2D eigenvalue weighted by Crippen LogP contribution is 2.41. The van der Waals surface area contributed by atoms with Gasteiger partial charge in [-0.3, -0.25) is 9.59 Å². The largest absolute Gasteiger partial charge is 0.368 e. The summed E-state index contributed by atoms with van der Waals surface area (Å²) in [5.74, 6) is -0.0432. The van der Waals surface area contributed by atoms with Crippen molar-refractivity contribution in [3.05, 3.63) is 66.0 Å². The molecule has 5 nitrogen and oxygen atoms in total. The molecule has 3 fully saturated rings. The lowest BCUT2D eigenvalue weighted by molar-refractivity contribution is -0.136. The molecule has 5 rings (SSSR count). The SMILES string of the molecule is O=C(C1CC2CCCCC2N1C(=O)c1ccc(F)cc1)N1CCN(c2ccccc2)CC1. The number of anilines is 1. The summed E-state index contributed by atoms with van der Waals surface area (Å²) in [7, 11) is 0. The fourth-order valence-corrected chi connectivity index (χ4v) is 5.75. The van der Waals surface area contributed by atoms with Crippen LogP contribution in [0.2, 0.25) is 0 Å². The molecule has 0 aromatic heterocycles. The lowest BCUT2D eigenvalue weighted by atomic mass is 9.84. The summed E-state index contributed by atoms with van der Waals surface area (Å²) in [6.07, 6.45) is 5.02. The third kappa shape index (κ3) is 3.98. The Kier molecular flexibility index (Phi) is 5.85. The van der Waals surface area contributed by atoms with E-state index in [1.807, 2.05) is 28.0 Å². The van der Waals surface area contributed by atoms with Crippen LogP contribution in [0.4, 0.5) is 10.1 Å². The molecule has 0 spiro atoms. The van der Waals surface area contributed by atoms with Crippen molar-refractivity contribution >= 4 is 17.5 Å². The standard InChI is InChI=1S/C26H30FN3O2/c27-21-12-10-19(11-13-21)25(31)30-23-9-5-4-6-20(23)18-24(30)26(32)29-16-14-28(15-17-29)22-7-2-1-3-8-22/h1-3,7-8,10-13,20,23-24H,4-6,9,14-18H2. The van der Waals surface area contributed by atoms with Gasteiger partial charge in [0.1, 0.15) is 11.9 Å². The van der Waals surface area contributed by atoms with Crippen molar-refractivity contribution < 1.29 is 14.0 Å². The molecule has 2 saturated heterocycles. The van der Waals surface area contributed by atoms with Crippen LogP contribution in [-0.2, 0) is 4.79 Å². The van der Waals surface area contributed by atoms with E-state index >= 15 is 0 Å². The first-order chi connectivity index (χ1) is 15.6. The summed E-state index contributed by atoms with van der Waals surface area (Å²) in [6.45, 7) is 2.92. The molecule has 1 saturated carbocycles. The molecule has 1 aliphatic carbocycles. The van der Waals surface area contributed by atoms with Crippen LogP contribution in [0.5, 0.6) is 0 Å². The van der Waals surface area contributed by atoms with Gasteiger partial charge in [-0.25, -0.2) is 4.39 Å². The maximum Gasteiger partial charge on any atom is 0.254 e. The molecular weight excluding hydrogens is 405 g/mol. The number of benzene rings is 2. The van der Waals surface area contributed by atoms with E-state index in [1.54, 1.807) is 0 Å². The second-order valence-corrected chi connectivity index (χ2v) is 9.23. The molecule has 0 bridgehead atoms. The van der Waals surface area contributed by atoms with Gasteiger partial charge in [0.05, 0.1) is 0 Å². The Morgan fingerprint density at radius 1 is 0.844 bits per heavy atom. The molecule has 3 atom stereocenters. The average Bonchev–Trinajstić information content (AvgIpc) is 3.24. The quantitative estimate of drug-likeness (QED) is 0.733. The highest BCUT2D eigenvalue weighted by Gasteiger charge is 2.48. The van der Waals surface area contributed by atoms with Crippen LogP contribution in [0.25, 0.3) is 0 Å². The maximum atomic E-state index is 13.6. The van der Waals surface area contributed by atoms with Crippen molar-refractivity contribution in [3.8, 4) is 0 Å². The Hall–Kier alpha value is -2.89. The van der Waals surface area contributed by atoms with Gasteiger partial charge in [-0.1, -0.05) is 31.0 Å². The van der Waals surface area contributed by atoms with Crippen LogP contribution in [0, 0.1) is 11.7 Å². The molecule has 3 aliphatic rings. The summed E-state index contributed by atoms with van der Waals surface area (Å²) in [6, 6.07) is 15.7. The van der Waals surface area contributed by atoms with Crippen molar-refractivity contribution in [3.63, 3.8) is 0 Å². The van der Waals surface area contributed by atoms with E-state index in [-0.39, 0.29) is 23.7 Å². The number of hydrogen-bond acceptors (Lipinski definition) is 3. The molecule has 2 aromatic rings. The molecule has 168 valence electrons. The van der Waals surface area contributed by atoms with Crippen molar-refractivity contribution in [1.29, 1.82) is 0 Å². The molecule has 2 aromatic carbocycles. The Labute approximate surface area is 188 Å². The van der Waals surface area contributed by atoms with E-state index in [0.29, 0.717) is 24.6 Å². The van der Waals surface area contributed by atoms with Crippen LogP contribution in [-0.4, -0.2) is 59.9 Å². The molecule has 32 heavy (non-hydrogen) atoms. The van der Waals surface area contributed by atoms with Gasteiger partial charge in [0.15, 0.2) is 0 Å². The minimum atomic E-state index is -0.413. The Balaban J connectivity index is 1.33. The highest BCUT2D eigenvalue weighted by atomic mass is 19.1. The number of carbonyl (C=O) groups excluding carboxylic acids is 2. The van der Waals surface area contributed by atoms with Gasteiger partial charge in [0, 0.05) is 43.5 Å². The third-order valence-electron chi connectivity index (χ3n) is 7.41. The first-order valence-corrected chi connectivity index (χ1v) is 11.8. The van der Waals surface area contributed by atoms with Gasteiger partial charge in [0.2, 0.25) is 5.91 Å². The van der Waals surface area contributed by atoms with Gasteiger partial charge >= 0.3 is 0 Å². The highest BCUT2D eigenvalue weighted by molar-refractivity contribution is 5.98. The number of nitrogens with zero attached hydrogens (tertiary/aromatic N) is 3. The first kappa shape index (κ1) is 21.0. The Bertz CT molecular complexity index is 957. The van der Waals surface area contributed by atoms with Crippen molar-refractivity contribution in [2.45, 2.75) is 44.2 Å². The summed E-state index contributed by atoms with van der Waals surface area (Å²) in [5.41, 5.74) is 1.64. The maximum absolute atomic E-state index is 13.6. The van der Waals surface area contributed by atoms with Crippen LogP contribution in [0.3, 0.4) is 0 Å². The number of likely N-dealkylation sites (tertiary alicyclic amines) is 1. The van der Waals surface area contributed by atoms with E-state index in [9.17, 15) is 14.0 Å². The van der Waals surface area contributed by atoms with E-state index < -0.39 is 6.04 Å². The van der Waals surface area contributed by atoms with Gasteiger partial charge in [-0.2, -0.15) is 0 Å². The van der Waals surface area contributed by atoms with Crippen LogP contribution in [0.1, 0.15) is 42.5 Å². The molecule has 2 amide bonds. The van der Waals surface area contributed by atoms with Crippen molar-refractivity contribution in [1.82, 2.24) is 9.80 Å². The molecule has 3 unspecified atom stereocenters. The van der Waals surface area contributed by atoms with Gasteiger partial charge in [0.25, 0.3) is 5.91 Å². The van der Waals surface area contributed by atoms with Crippen LogP contribution in [0.15, 0.2) is 54.6 Å². The lowest BCUT2D eigenvalue weighted by Crippen LogP contribution is -2.55. The smallest absolute Gasteiger partial charge is 0.254 e. The minimum absolute atomic E-state index is 0.0718. The normalized spacial score (nSPS) is 25.5. The monoisotopic (exact) mass is 435 g/mol. The van der Waals surface area contributed by atoms with Crippen molar-refractivity contribution in [2.24, 2.45) is 5.92 Å². The zero-order valence-corrected chi connectivity index (χ0v) is 18.3. The number of rotatable bonds is 3. The number of para-hydroxylation sites is 1. The summed E-state index contributed by atoms with van der Waals surface area (Å²) in [4.78, 5) is 33.2. The predicted molar refractivity (Wildman–Crippen MR) is 122 cm³/mol. The number of hydrogen-bond donors (Lipinski definition) is 0. The Morgan fingerprint density at radius 2 is 1.53 bits per heavy atom. The topological polar surface area (TPSA) is 43.9 Å². The fraction of sp³-hybridized carbons (Fsp3) is 0.462. The summed E-state index contributed by atoms with van der Waals surface area (Å²) in [5, 5.41) is 0. The molecular formula is C26H30FN3O2. The predicted octanol–water partition coefficient (Wildman–Crippen LogP) is 3.95. The van der Waals surface area contributed by atoms with E-state index in [2.05, 4.69) is 17.0 Å². The minimum Gasteiger partial charge on any atom is -0.368 e. The lowest BCUT2D eigenvalue weighted by Gasteiger charge is -2.39. The molecule has 2 heterocycles. The average molecular weight is 436 g/mol. The number of carbonyl (C=O) groups is 2. The van der Waals surface area contributed by atoms with E-state index in [4.69, 9.17) is 0 Å². The zero-order chi connectivity index (χ0) is 22.1. The number of fused-ring (bicyclic) bond motifs is 1. The second kappa shape index (κ2) is 8.93. The molecule has 0 radical (unpaired) electrons. The number of amides is 2. The summed E-state index contributed by atoms with van der Waals surface area (Å²) >= 11 is 0. The number of halogens is 1. The third-order valence-corrected chi connectivity index (χ3v) is 7.41. The molecule has 0 N–H and O–H groups in total. The second-order valence-electron chi connectivity index (χ2n) is 9.23. The van der Waals surface area contributed by atoms with Crippen molar-refractivity contribution in [2.75, 3.05) is 31.1 Å².